The van der Waals surface area contributed by atoms with Crippen molar-refractivity contribution in [3.63, 3.8) is 0 Å². The number of hydrogen-bond acceptors (Lipinski definition) is 3. The van der Waals surface area contributed by atoms with Gasteiger partial charge in [0.15, 0.2) is 0 Å². The maximum absolute atomic E-state index is 6.09. The van der Waals surface area contributed by atoms with Crippen molar-refractivity contribution in [2.45, 2.75) is 50.4 Å². The zero-order valence-corrected chi connectivity index (χ0v) is 11.8. The van der Waals surface area contributed by atoms with Crippen molar-refractivity contribution in [2.75, 3.05) is 14.2 Å². The summed E-state index contributed by atoms with van der Waals surface area (Å²) >= 11 is 0. The third-order valence-corrected chi connectivity index (χ3v) is 4.50. The molecule has 0 bridgehead atoms. The van der Waals surface area contributed by atoms with Gasteiger partial charge in [-0.3, -0.25) is 0 Å². The molecule has 0 aliphatic heterocycles. The van der Waals surface area contributed by atoms with E-state index >= 15 is 0 Å². The summed E-state index contributed by atoms with van der Waals surface area (Å²) in [7, 11) is 3.74. The van der Waals surface area contributed by atoms with Gasteiger partial charge in [0, 0.05) is 19.6 Å². The van der Waals surface area contributed by atoms with E-state index in [1.165, 1.54) is 36.8 Å². The molecular weight excluding hydrogens is 238 g/mol. The second-order valence-electron chi connectivity index (χ2n) is 5.63. The SMILES string of the molecule is CNC1CC(Oc2ccc3c(c2)CCCC3)C1OC. The van der Waals surface area contributed by atoms with Crippen LogP contribution in [0.25, 0.3) is 0 Å². The molecule has 3 atom stereocenters. The van der Waals surface area contributed by atoms with Gasteiger partial charge < -0.3 is 14.8 Å². The average Bonchev–Trinajstić information content (AvgIpc) is 2.43. The van der Waals surface area contributed by atoms with Crippen molar-refractivity contribution in [3.05, 3.63) is 29.3 Å². The van der Waals surface area contributed by atoms with Crippen LogP contribution in [0.4, 0.5) is 0 Å². The Kier molecular flexibility index (Phi) is 3.76. The largest absolute Gasteiger partial charge is 0.488 e. The number of benzene rings is 1. The van der Waals surface area contributed by atoms with E-state index in [-0.39, 0.29) is 12.2 Å². The molecule has 1 N–H and O–H groups in total. The third-order valence-electron chi connectivity index (χ3n) is 4.50. The number of fused-ring (bicyclic) bond motifs is 1. The van der Waals surface area contributed by atoms with Gasteiger partial charge in [-0.15, -0.1) is 0 Å². The summed E-state index contributed by atoms with van der Waals surface area (Å²) in [6.07, 6.45) is 6.43. The Labute approximate surface area is 115 Å². The Morgan fingerprint density at radius 3 is 2.68 bits per heavy atom. The van der Waals surface area contributed by atoms with Crippen molar-refractivity contribution in [2.24, 2.45) is 0 Å². The van der Waals surface area contributed by atoms with Gasteiger partial charge in [-0.1, -0.05) is 6.07 Å². The molecule has 0 radical (unpaired) electrons. The van der Waals surface area contributed by atoms with Crippen molar-refractivity contribution in [3.8, 4) is 5.75 Å². The van der Waals surface area contributed by atoms with E-state index < -0.39 is 0 Å². The standard InChI is InChI=1S/C16H23NO2/c1-17-14-10-15(16(14)18-2)19-13-8-7-11-5-3-4-6-12(11)9-13/h7-9,14-17H,3-6,10H2,1-2H3. The van der Waals surface area contributed by atoms with Crippen LogP contribution in [-0.4, -0.2) is 32.4 Å². The Bertz CT molecular complexity index is 446. The number of aryl methyl sites for hydroxylation is 2. The molecule has 1 fully saturated rings. The minimum atomic E-state index is 0.168. The van der Waals surface area contributed by atoms with Crippen molar-refractivity contribution in [1.82, 2.24) is 5.32 Å². The van der Waals surface area contributed by atoms with E-state index in [9.17, 15) is 0 Å². The number of nitrogens with one attached hydrogen (secondary N) is 1. The molecule has 3 heteroatoms. The van der Waals surface area contributed by atoms with Gasteiger partial charge in [-0.25, -0.2) is 0 Å². The fourth-order valence-corrected chi connectivity index (χ4v) is 3.25. The van der Waals surface area contributed by atoms with Crippen LogP contribution in [0.5, 0.6) is 5.75 Å². The minimum absolute atomic E-state index is 0.168. The summed E-state index contributed by atoms with van der Waals surface area (Å²) in [5, 5.41) is 3.26. The summed E-state index contributed by atoms with van der Waals surface area (Å²) in [5.74, 6) is 1.00. The first-order chi connectivity index (χ1) is 9.31. The Morgan fingerprint density at radius 2 is 1.95 bits per heavy atom. The predicted molar refractivity (Wildman–Crippen MR) is 75.8 cm³/mol. The second-order valence-corrected chi connectivity index (χ2v) is 5.63. The lowest BCUT2D eigenvalue weighted by Crippen LogP contribution is -2.60. The fourth-order valence-electron chi connectivity index (χ4n) is 3.25. The van der Waals surface area contributed by atoms with Crippen molar-refractivity contribution >= 4 is 0 Å². The average molecular weight is 261 g/mol. The van der Waals surface area contributed by atoms with Crippen LogP contribution in [0, 0.1) is 0 Å². The van der Waals surface area contributed by atoms with Crippen LogP contribution in [0.15, 0.2) is 18.2 Å². The third kappa shape index (κ3) is 2.49. The molecule has 0 heterocycles. The number of likely N-dealkylation sites (N-methyl/N-ethyl adjacent to an activating group) is 1. The monoisotopic (exact) mass is 261 g/mol. The van der Waals surface area contributed by atoms with E-state index in [0.717, 1.165) is 12.2 Å². The first kappa shape index (κ1) is 12.9. The van der Waals surface area contributed by atoms with Gasteiger partial charge >= 0.3 is 0 Å². The molecule has 3 nitrogen and oxygen atoms in total. The molecule has 0 amide bonds. The van der Waals surface area contributed by atoms with Crippen molar-refractivity contribution < 1.29 is 9.47 Å². The highest BCUT2D eigenvalue weighted by atomic mass is 16.5. The maximum Gasteiger partial charge on any atom is 0.128 e. The summed E-state index contributed by atoms with van der Waals surface area (Å²) in [5.41, 5.74) is 2.98. The molecule has 2 aliphatic rings. The first-order valence-electron chi connectivity index (χ1n) is 7.30. The molecular formula is C16H23NO2. The van der Waals surface area contributed by atoms with Crippen LogP contribution >= 0.6 is 0 Å². The molecule has 2 aliphatic carbocycles. The van der Waals surface area contributed by atoms with Gasteiger partial charge in [0.25, 0.3) is 0 Å². The predicted octanol–water partition coefficient (Wildman–Crippen LogP) is 2.32. The van der Waals surface area contributed by atoms with Crippen LogP contribution in [0.3, 0.4) is 0 Å². The first-order valence-corrected chi connectivity index (χ1v) is 7.30. The summed E-state index contributed by atoms with van der Waals surface area (Å²) in [4.78, 5) is 0. The highest BCUT2D eigenvalue weighted by Crippen LogP contribution is 2.31. The highest BCUT2D eigenvalue weighted by Gasteiger charge is 2.42. The number of rotatable bonds is 4. The maximum atomic E-state index is 6.09. The van der Waals surface area contributed by atoms with Crippen LogP contribution in [0.1, 0.15) is 30.4 Å². The quantitative estimate of drug-likeness (QED) is 0.902. The van der Waals surface area contributed by atoms with E-state index in [1.807, 2.05) is 7.05 Å². The van der Waals surface area contributed by atoms with Crippen LogP contribution in [0.2, 0.25) is 0 Å². The molecule has 3 unspecified atom stereocenters. The molecule has 0 saturated heterocycles. The van der Waals surface area contributed by atoms with Crippen molar-refractivity contribution in [1.29, 1.82) is 0 Å². The van der Waals surface area contributed by atoms with Gasteiger partial charge in [-0.05, 0) is 56.0 Å². The van der Waals surface area contributed by atoms with Gasteiger partial charge in [0.05, 0.1) is 0 Å². The molecule has 19 heavy (non-hydrogen) atoms. The minimum Gasteiger partial charge on any atom is -0.488 e. The normalized spacial score (nSPS) is 29.5. The summed E-state index contributed by atoms with van der Waals surface area (Å²) in [6.45, 7) is 0. The molecule has 104 valence electrons. The number of methoxy groups -OCH3 is 1. The zero-order valence-electron chi connectivity index (χ0n) is 11.8. The molecule has 1 saturated carbocycles. The Morgan fingerprint density at radius 1 is 1.16 bits per heavy atom. The van der Waals surface area contributed by atoms with Gasteiger partial charge in [-0.2, -0.15) is 0 Å². The smallest absolute Gasteiger partial charge is 0.128 e. The summed E-state index contributed by atoms with van der Waals surface area (Å²) < 4.78 is 11.6. The summed E-state index contributed by atoms with van der Waals surface area (Å²) in [6, 6.07) is 7.00. The van der Waals surface area contributed by atoms with E-state index in [1.54, 1.807) is 7.11 Å². The van der Waals surface area contributed by atoms with Crippen LogP contribution in [-0.2, 0) is 17.6 Å². The van der Waals surface area contributed by atoms with Crippen LogP contribution < -0.4 is 10.1 Å². The van der Waals surface area contributed by atoms with E-state index in [2.05, 4.69) is 23.5 Å². The highest BCUT2D eigenvalue weighted by molar-refractivity contribution is 5.37. The molecule has 3 rings (SSSR count). The Balaban J connectivity index is 1.67. The van der Waals surface area contributed by atoms with Gasteiger partial charge in [0.1, 0.15) is 18.0 Å². The lowest BCUT2D eigenvalue weighted by Gasteiger charge is -2.43. The lowest BCUT2D eigenvalue weighted by atomic mass is 9.85. The molecule has 1 aromatic carbocycles. The topological polar surface area (TPSA) is 30.5 Å². The number of ether oxygens (including phenoxy) is 2. The number of hydrogen-bond donors (Lipinski definition) is 1. The van der Waals surface area contributed by atoms with E-state index in [4.69, 9.17) is 9.47 Å². The Hall–Kier alpha value is -1.06. The molecule has 0 spiro atoms. The molecule has 0 aromatic heterocycles. The van der Waals surface area contributed by atoms with E-state index in [0.29, 0.717) is 6.04 Å². The lowest BCUT2D eigenvalue weighted by molar-refractivity contribution is -0.0869. The fraction of sp³-hybridized carbons (Fsp3) is 0.625. The second kappa shape index (κ2) is 5.51. The molecule has 1 aromatic rings. The van der Waals surface area contributed by atoms with Gasteiger partial charge in [0.2, 0.25) is 0 Å². The zero-order chi connectivity index (χ0) is 13.2.